The maximum Gasteiger partial charge on any atom is 0.217 e. The largest absolute Gasteiger partial charge is 0.349 e. The first-order valence-electron chi connectivity index (χ1n) is 12.6. The van der Waals surface area contributed by atoms with Crippen molar-refractivity contribution < 1.29 is 9.59 Å². The van der Waals surface area contributed by atoms with Crippen molar-refractivity contribution in [1.82, 2.24) is 10.2 Å². The van der Waals surface area contributed by atoms with Gasteiger partial charge in [-0.3, -0.25) is 9.59 Å². The van der Waals surface area contributed by atoms with Gasteiger partial charge in [-0.05, 0) is 83.7 Å². The Bertz CT molecular complexity index is 1090. The Kier molecular flexibility index (Phi) is 9.42. The lowest BCUT2D eigenvalue weighted by Gasteiger charge is -2.33. The van der Waals surface area contributed by atoms with E-state index in [0.29, 0.717) is 0 Å². The number of rotatable bonds is 10. The summed E-state index contributed by atoms with van der Waals surface area (Å²) in [6, 6.07) is 15.5. The predicted octanol–water partition coefficient (Wildman–Crippen LogP) is 5.74. The van der Waals surface area contributed by atoms with E-state index in [1.165, 1.54) is 39.2 Å². The lowest BCUT2D eigenvalue weighted by atomic mass is 10.1. The first-order chi connectivity index (χ1) is 17.0. The molecule has 2 heterocycles. The second-order valence-electron chi connectivity index (χ2n) is 9.30. The molecule has 0 saturated carbocycles. The number of para-hydroxylation sites is 1. The number of anilines is 2. The molecule has 4 rings (SSSR count). The third-order valence-electron chi connectivity index (χ3n) is 6.53. The predicted molar refractivity (Wildman–Crippen MR) is 149 cm³/mol. The van der Waals surface area contributed by atoms with Crippen LogP contribution in [0.3, 0.4) is 0 Å². The van der Waals surface area contributed by atoms with Crippen molar-refractivity contribution in [2.75, 3.05) is 43.8 Å². The van der Waals surface area contributed by atoms with E-state index in [1.54, 1.807) is 0 Å². The van der Waals surface area contributed by atoms with Gasteiger partial charge in [0, 0.05) is 36.3 Å². The van der Waals surface area contributed by atoms with E-state index in [0.717, 1.165) is 58.0 Å². The molecule has 2 aliphatic heterocycles. The summed E-state index contributed by atoms with van der Waals surface area (Å²) in [5.41, 5.74) is 5.59. The van der Waals surface area contributed by atoms with Crippen molar-refractivity contribution in [1.29, 1.82) is 0 Å². The van der Waals surface area contributed by atoms with Crippen molar-refractivity contribution in [3.63, 3.8) is 0 Å². The van der Waals surface area contributed by atoms with Crippen LogP contribution in [0.1, 0.15) is 38.2 Å². The van der Waals surface area contributed by atoms with Gasteiger partial charge in [-0.1, -0.05) is 41.6 Å². The number of carbonyl (C=O) groups excluding carboxylic acids is 2. The molecular weight excluding hydrogens is 473 g/mol. The lowest BCUT2D eigenvalue weighted by molar-refractivity contribution is -0.121. The van der Waals surface area contributed by atoms with E-state index < -0.39 is 0 Å². The monoisotopic (exact) mass is 509 g/mol. The Morgan fingerprint density at radius 2 is 1.89 bits per heavy atom. The number of hydrogen-bond donors (Lipinski definition) is 1. The van der Waals surface area contributed by atoms with Gasteiger partial charge in [-0.15, -0.1) is 0 Å². The molecule has 0 fully saturated rings. The van der Waals surface area contributed by atoms with E-state index >= 15 is 0 Å². The summed E-state index contributed by atoms with van der Waals surface area (Å²) >= 11 is 1.87. The fourth-order valence-electron chi connectivity index (χ4n) is 4.68. The van der Waals surface area contributed by atoms with E-state index in [9.17, 15) is 9.59 Å². The molecule has 0 aromatic heterocycles. The highest BCUT2D eigenvalue weighted by Crippen LogP contribution is 2.48. The molecule has 7 heteroatoms. The van der Waals surface area contributed by atoms with Gasteiger partial charge in [0.1, 0.15) is 0 Å². The summed E-state index contributed by atoms with van der Waals surface area (Å²) in [5.74, 6) is -0.141. The third-order valence-corrected chi connectivity index (χ3v) is 8.73. The van der Waals surface area contributed by atoms with Crippen molar-refractivity contribution >= 4 is 43.1 Å². The van der Waals surface area contributed by atoms with E-state index in [1.807, 2.05) is 11.8 Å². The van der Waals surface area contributed by atoms with Crippen LogP contribution in [-0.4, -0.2) is 55.2 Å². The molecule has 1 amide bonds. The van der Waals surface area contributed by atoms with Gasteiger partial charge in [0.25, 0.3) is 0 Å². The standard InChI is InChI=1S/C28H36N3O2PS/c1-21-10-11-27-25(19-21)31(24-8-3-4-9-26(24)35-27)16-6-15-30-14-5-7-23(12-17-30)13-18-34-28(33)20-29-22(2)32/h3-4,7-11,19,34H,5-6,12-18,20H2,1-2H3,(H,29,32). The molecule has 0 bridgehead atoms. The van der Waals surface area contributed by atoms with Gasteiger partial charge in [0.2, 0.25) is 5.91 Å². The summed E-state index contributed by atoms with van der Waals surface area (Å²) in [4.78, 5) is 30.6. The number of carbonyl (C=O) groups is 2. The normalized spacial score (nSPS) is 15.9. The average Bonchev–Trinajstić information content (AvgIpc) is 3.08. The molecule has 0 saturated heterocycles. The van der Waals surface area contributed by atoms with Crippen LogP contribution in [0.2, 0.25) is 0 Å². The Hall–Kier alpha value is -2.14. The van der Waals surface area contributed by atoms with Crippen molar-refractivity contribution in [2.45, 2.75) is 49.3 Å². The summed E-state index contributed by atoms with van der Waals surface area (Å²) in [6.07, 6.45) is 7.59. The van der Waals surface area contributed by atoms with Crippen LogP contribution < -0.4 is 10.2 Å². The van der Waals surface area contributed by atoms with E-state index in [-0.39, 0.29) is 26.6 Å². The minimum atomic E-state index is -0.141. The fourth-order valence-corrected chi connectivity index (χ4v) is 6.69. The minimum absolute atomic E-state index is 0.141. The first-order valence-corrected chi connectivity index (χ1v) is 14.6. The molecule has 2 aromatic carbocycles. The van der Waals surface area contributed by atoms with Crippen molar-refractivity contribution in [3.8, 4) is 0 Å². The number of nitrogens with one attached hydrogen (secondary N) is 1. The highest BCUT2D eigenvalue weighted by molar-refractivity contribution is 7.99. The van der Waals surface area contributed by atoms with Crippen LogP contribution in [0.15, 0.2) is 63.9 Å². The number of fused-ring (bicyclic) bond motifs is 2. The molecule has 2 aromatic rings. The second-order valence-corrected chi connectivity index (χ2v) is 11.8. The summed E-state index contributed by atoms with van der Waals surface area (Å²) in [7, 11) is 0.278. The summed E-state index contributed by atoms with van der Waals surface area (Å²) in [5, 5.41) is 2.60. The zero-order chi connectivity index (χ0) is 24.6. The number of hydrogen-bond acceptors (Lipinski definition) is 5. The van der Waals surface area contributed by atoms with Gasteiger partial charge in [0.05, 0.1) is 17.9 Å². The third kappa shape index (κ3) is 7.42. The smallest absolute Gasteiger partial charge is 0.217 e. The summed E-state index contributed by atoms with van der Waals surface area (Å²) in [6.45, 7) is 8.11. The van der Waals surface area contributed by atoms with Gasteiger partial charge in [-0.25, -0.2) is 0 Å². The van der Waals surface area contributed by atoms with Crippen LogP contribution in [0.5, 0.6) is 0 Å². The maximum atomic E-state index is 11.9. The van der Waals surface area contributed by atoms with Gasteiger partial charge in [-0.2, -0.15) is 0 Å². The Balaban J connectivity index is 1.24. The molecule has 2 aliphatic rings. The number of benzene rings is 2. The van der Waals surface area contributed by atoms with Crippen LogP contribution in [-0.2, 0) is 9.59 Å². The number of nitrogens with zero attached hydrogens (tertiary/aromatic N) is 2. The molecule has 0 spiro atoms. The van der Waals surface area contributed by atoms with E-state index in [2.05, 4.69) is 70.6 Å². The van der Waals surface area contributed by atoms with E-state index in [4.69, 9.17) is 0 Å². The SMILES string of the molecule is CC(=O)NCC(=O)PCCC1=CCCN(CCCN2c3ccccc3Sc3ccc(C)cc32)CC1. The van der Waals surface area contributed by atoms with Crippen LogP contribution in [0.4, 0.5) is 11.4 Å². The fraction of sp³-hybridized carbons (Fsp3) is 0.429. The topological polar surface area (TPSA) is 52.7 Å². The van der Waals surface area contributed by atoms with Crippen molar-refractivity contribution in [2.24, 2.45) is 0 Å². The Morgan fingerprint density at radius 3 is 2.74 bits per heavy atom. The van der Waals surface area contributed by atoms with Gasteiger partial charge in [0.15, 0.2) is 5.52 Å². The Morgan fingerprint density at radius 1 is 1.06 bits per heavy atom. The molecule has 1 atom stereocenters. The van der Waals surface area contributed by atoms with Crippen LogP contribution in [0.25, 0.3) is 0 Å². The highest BCUT2D eigenvalue weighted by atomic mass is 32.2. The molecule has 1 N–H and O–H groups in total. The quantitative estimate of drug-likeness (QED) is 0.327. The molecule has 0 aliphatic carbocycles. The Labute approximate surface area is 215 Å². The maximum absolute atomic E-state index is 11.9. The van der Waals surface area contributed by atoms with Crippen LogP contribution >= 0.6 is 20.3 Å². The molecule has 0 radical (unpaired) electrons. The van der Waals surface area contributed by atoms with Crippen LogP contribution in [0, 0.1) is 6.92 Å². The average molecular weight is 510 g/mol. The molecule has 5 nitrogen and oxygen atoms in total. The zero-order valence-electron chi connectivity index (χ0n) is 20.8. The molecule has 186 valence electrons. The minimum Gasteiger partial charge on any atom is -0.349 e. The zero-order valence-corrected chi connectivity index (χ0v) is 22.6. The highest BCUT2D eigenvalue weighted by Gasteiger charge is 2.23. The molecular formula is C28H36N3O2PS. The molecule has 1 unspecified atom stereocenters. The van der Waals surface area contributed by atoms with Crippen molar-refractivity contribution in [3.05, 3.63) is 59.7 Å². The summed E-state index contributed by atoms with van der Waals surface area (Å²) < 4.78 is 0. The number of amides is 1. The van der Waals surface area contributed by atoms with Gasteiger partial charge >= 0.3 is 0 Å². The first kappa shape index (κ1) is 25.9. The lowest BCUT2D eigenvalue weighted by Crippen LogP contribution is -2.30. The molecule has 35 heavy (non-hydrogen) atoms. The van der Waals surface area contributed by atoms with Gasteiger partial charge < -0.3 is 15.1 Å². The second kappa shape index (κ2) is 12.7. The number of aryl methyl sites for hydroxylation is 1.